The van der Waals surface area contributed by atoms with Crippen LogP contribution in [-0.4, -0.2) is 47.7 Å². The van der Waals surface area contributed by atoms with Gasteiger partial charge in [-0.25, -0.2) is 0 Å². The zero-order valence-corrected chi connectivity index (χ0v) is 11.6. The smallest absolute Gasteiger partial charge is 0.139 e. The molecule has 5 heteroatoms. The summed E-state index contributed by atoms with van der Waals surface area (Å²) in [5.74, 6) is 0.380. The van der Waals surface area contributed by atoms with Crippen LogP contribution in [0.25, 0.3) is 0 Å². The first-order chi connectivity index (χ1) is 9.22. The largest absolute Gasteiger partial charge is 0.409 e. The van der Waals surface area contributed by atoms with E-state index in [-0.39, 0.29) is 5.41 Å². The van der Waals surface area contributed by atoms with Crippen LogP contribution in [0.15, 0.2) is 5.16 Å². The molecule has 0 amide bonds. The van der Waals surface area contributed by atoms with Crippen molar-refractivity contribution in [2.45, 2.75) is 57.0 Å². The predicted molar refractivity (Wildman–Crippen MR) is 75.3 cm³/mol. The number of rotatable bonds is 5. The Morgan fingerprint density at radius 1 is 1.32 bits per heavy atom. The fraction of sp³-hybridized carbons (Fsp3) is 0.929. The lowest BCUT2D eigenvalue weighted by atomic mass is 9.97. The van der Waals surface area contributed by atoms with E-state index < -0.39 is 0 Å². The summed E-state index contributed by atoms with van der Waals surface area (Å²) in [5, 5.41) is 15.6. The Hall–Kier alpha value is -0.810. The summed E-state index contributed by atoms with van der Waals surface area (Å²) >= 11 is 0. The molecule has 2 aliphatic heterocycles. The Kier molecular flexibility index (Phi) is 3.67. The van der Waals surface area contributed by atoms with E-state index in [4.69, 9.17) is 10.9 Å². The van der Waals surface area contributed by atoms with E-state index in [1.54, 1.807) is 0 Å². The van der Waals surface area contributed by atoms with Gasteiger partial charge in [0.05, 0.1) is 0 Å². The number of hydrogen-bond acceptors (Lipinski definition) is 4. The quantitative estimate of drug-likeness (QED) is 0.302. The molecule has 0 aromatic heterocycles. The van der Waals surface area contributed by atoms with Gasteiger partial charge < -0.3 is 16.3 Å². The van der Waals surface area contributed by atoms with E-state index in [9.17, 15) is 0 Å². The van der Waals surface area contributed by atoms with Crippen molar-refractivity contribution < 1.29 is 5.21 Å². The highest BCUT2D eigenvalue weighted by Crippen LogP contribution is 2.48. The molecule has 0 aromatic rings. The summed E-state index contributed by atoms with van der Waals surface area (Å²) in [7, 11) is 0. The molecule has 19 heavy (non-hydrogen) atoms. The second kappa shape index (κ2) is 5.29. The molecule has 108 valence electrons. The highest BCUT2D eigenvalue weighted by molar-refractivity contribution is 5.80. The van der Waals surface area contributed by atoms with Crippen molar-refractivity contribution in [3.05, 3.63) is 0 Å². The molecule has 2 atom stereocenters. The average molecular weight is 266 g/mol. The molecule has 0 radical (unpaired) electrons. The minimum Gasteiger partial charge on any atom is -0.409 e. The van der Waals surface area contributed by atoms with Crippen molar-refractivity contribution in [1.82, 2.24) is 10.2 Å². The lowest BCUT2D eigenvalue weighted by Crippen LogP contribution is -2.46. The fourth-order valence-electron chi connectivity index (χ4n) is 3.85. The van der Waals surface area contributed by atoms with Crippen molar-refractivity contribution in [1.29, 1.82) is 0 Å². The Bertz CT molecular complexity index is 353. The second-order valence-corrected chi connectivity index (χ2v) is 6.64. The summed E-state index contributed by atoms with van der Waals surface area (Å²) < 4.78 is 0. The van der Waals surface area contributed by atoms with E-state index >= 15 is 0 Å². The van der Waals surface area contributed by atoms with Crippen LogP contribution in [0.4, 0.5) is 0 Å². The number of fused-ring (bicyclic) bond motifs is 1. The van der Waals surface area contributed by atoms with Gasteiger partial charge in [0.15, 0.2) is 0 Å². The van der Waals surface area contributed by atoms with Crippen LogP contribution in [0, 0.1) is 5.41 Å². The third kappa shape index (κ3) is 2.87. The molecule has 3 aliphatic rings. The molecule has 2 unspecified atom stereocenters. The van der Waals surface area contributed by atoms with E-state index in [1.807, 2.05) is 0 Å². The molecule has 0 bridgehead atoms. The zero-order valence-electron chi connectivity index (χ0n) is 11.6. The summed E-state index contributed by atoms with van der Waals surface area (Å²) in [6.07, 6.45) is 8.53. The maximum absolute atomic E-state index is 8.70. The van der Waals surface area contributed by atoms with Crippen molar-refractivity contribution in [2.24, 2.45) is 16.3 Å². The summed E-state index contributed by atoms with van der Waals surface area (Å²) in [5.41, 5.74) is 5.93. The minimum atomic E-state index is 0.276. The van der Waals surface area contributed by atoms with E-state index in [0.29, 0.717) is 11.9 Å². The lowest BCUT2D eigenvalue weighted by Gasteiger charge is -2.33. The first-order valence-electron chi connectivity index (χ1n) is 7.66. The molecule has 2 saturated heterocycles. The number of amidine groups is 1. The number of piperidine rings is 1. The van der Waals surface area contributed by atoms with Gasteiger partial charge in [-0.2, -0.15) is 0 Å². The number of nitrogens with zero attached hydrogens (tertiary/aromatic N) is 2. The van der Waals surface area contributed by atoms with E-state index in [2.05, 4.69) is 15.4 Å². The summed E-state index contributed by atoms with van der Waals surface area (Å²) in [6.45, 7) is 3.58. The molecule has 4 N–H and O–H groups in total. The van der Waals surface area contributed by atoms with Gasteiger partial charge in [-0.05, 0) is 44.1 Å². The highest BCUT2D eigenvalue weighted by Gasteiger charge is 2.44. The molecule has 1 aliphatic carbocycles. The summed E-state index contributed by atoms with van der Waals surface area (Å²) in [6, 6.07) is 1.42. The van der Waals surface area contributed by atoms with Crippen molar-refractivity contribution in [3.63, 3.8) is 0 Å². The monoisotopic (exact) mass is 266 g/mol. The average Bonchev–Trinajstić information content (AvgIpc) is 3.07. The van der Waals surface area contributed by atoms with Gasteiger partial charge in [-0.1, -0.05) is 11.6 Å². The van der Waals surface area contributed by atoms with Crippen LogP contribution in [-0.2, 0) is 0 Å². The number of nitrogens with one attached hydrogen (secondary N) is 1. The van der Waals surface area contributed by atoms with Gasteiger partial charge >= 0.3 is 0 Å². The Balaban J connectivity index is 1.50. The van der Waals surface area contributed by atoms with Gasteiger partial charge in [-0.3, -0.25) is 4.90 Å². The third-order valence-corrected chi connectivity index (χ3v) is 5.24. The van der Waals surface area contributed by atoms with Crippen LogP contribution in [0.1, 0.15) is 44.9 Å². The van der Waals surface area contributed by atoms with Crippen LogP contribution < -0.4 is 11.1 Å². The SMILES string of the molecule is NC(CC1(CNC2CCN3CCCCC23)CC1)=NO. The van der Waals surface area contributed by atoms with Gasteiger partial charge in [0.1, 0.15) is 5.84 Å². The molecule has 0 spiro atoms. The maximum Gasteiger partial charge on any atom is 0.139 e. The normalized spacial score (nSPS) is 34.2. The Labute approximate surface area is 115 Å². The van der Waals surface area contributed by atoms with Gasteiger partial charge in [0.2, 0.25) is 0 Å². The van der Waals surface area contributed by atoms with Crippen molar-refractivity contribution in [3.8, 4) is 0 Å². The number of oxime groups is 1. The number of hydrogen-bond donors (Lipinski definition) is 3. The van der Waals surface area contributed by atoms with Gasteiger partial charge in [-0.15, -0.1) is 0 Å². The fourth-order valence-corrected chi connectivity index (χ4v) is 3.85. The standard InChI is InChI=1S/C14H26N4O/c15-13(17-19)9-14(5-6-14)10-16-11-4-8-18-7-2-1-3-12(11)18/h11-12,16,19H,1-10H2,(H2,15,17). The maximum atomic E-state index is 8.70. The van der Waals surface area contributed by atoms with Crippen LogP contribution in [0.3, 0.4) is 0 Å². The minimum absolute atomic E-state index is 0.276. The Morgan fingerprint density at radius 2 is 2.16 bits per heavy atom. The van der Waals surface area contributed by atoms with E-state index in [1.165, 1.54) is 51.6 Å². The molecule has 5 nitrogen and oxygen atoms in total. The van der Waals surface area contributed by atoms with Crippen LogP contribution >= 0.6 is 0 Å². The van der Waals surface area contributed by atoms with Crippen molar-refractivity contribution in [2.75, 3.05) is 19.6 Å². The van der Waals surface area contributed by atoms with E-state index in [0.717, 1.165) is 19.0 Å². The predicted octanol–water partition coefficient (Wildman–Crippen LogP) is 1.12. The van der Waals surface area contributed by atoms with Crippen LogP contribution in [0.2, 0.25) is 0 Å². The molecular formula is C14H26N4O. The van der Waals surface area contributed by atoms with Crippen LogP contribution in [0.5, 0.6) is 0 Å². The molecule has 2 heterocycles. The second-order valence-electron chi connectivity index (χ2n) is 6.64. The molecular weight excluding hydrogens is 240 g/mol. The topological polar surface area (TPSA) is 73.9 Å². The number of nitrogens with two attached hydrogens (primary N) is 1. The zero-order chi connectivity index (χ0) is 13.3. The molecule has 0 aromatic carbocycles. The molecule has 3 rings (SSSR count). The van der Waals surface area contributed by atoms with Crippen molar-refractivity contribution >= 4 is 5.84 Å². The third-order valence-electron chi connectivity index (χ3n) is 5.24. The molecule has 3 fully saturated rings. The Morgan fingerprint density at radius 3 is 2.89 bits per heavy atom. The summed E-state index contributed by atoms with van der Waals surface area (Å²) in [4.78, 5) is 2.66. The lowest BCUT2D eigenvalue weighted by molar-refractivity contribution is 0.178. The van der Waals surface area contributed by atoms with Gasteiger partial charge in [0, 0.05) is 31.6 Å². The van der Waals surface area contributed by atoms with Gasteiger partial charge in [0.25, 0.3) is 0 Å². The first-order valence-corrected chi connectivity index (χ1v) is 7.66. The first kappa shape index (κ1) is 13.2. The highest BCUT2D eigenvalue weighted by atomic mass is 16.4. The molecule has 1 saturated carbocycles.